The van der Waals surface area contributed by atoms with Gasteiger partial charge in [0.15, 0.2) is 0 Å². The summed E-state index contributed by atoms with van der Waals surface area (Å²) in [6.45, 7) is 7.46. The number of allylic oxidation sites excluding steroid dienone is 1. The number of carbonyl (C=O) groups excluding carboxylic acids is 1. The second-order valence-electron chi connectivity index (χ2n) is 6.36. The first-order valence-electron chi connectivity index (χ1n) is 7.67. The molecule has 2 N–H and O–H groups in total. The van der Waals surface area contributed by atoms with Crippen molar-refractivity contribution in [2.75, 3.05) is 0 Å². The fourth-order valence-electron chi connectivity index (χ4n) is 2.20. The van der Waals surface area contributed by atoms with Gasteiger partial charge in [-0.2, -0.15) is 0 Å². The average molecular weight is 296 g/mol. The largest absolute Gasteiger partial charge is 0.462 e. The lowest BCUT2D eigenvalue weighted by Gasteiger charge is -2.23. The van der Waals surface area contributed by atoms with Gasteiger partial charge in [0.05, 0.1) is 11.7 Å². The van der Waals surface area contributed by atoms with Gasteiger partial charge in [-0.25, -0.2) is 0 Å². The molecule has 4 heteroatoms. The number of hydrogen-bond donors (Lipinski definition) is 2. The van der Waals surface area contributed by atoms with Crippen LogP contribution in [0.3, 0.4) is 0 Å². The third-order valence-electron chi connectivity index (χ3n) is 4.15. The number of ether oxygens (including phenoxy) is 1. The minimum Gasteiger partial charge on any atom is -0.462 e. The standard InChI is InChI=1S/C17H28O4/c1-12-6-5-7-13(2)15(18)8-10-17(4,20)11-9-16(19)21-14(12)3/h7-8,10,12,14-15,18,20H,5-6,9,11H2,1-4H3/b10-8+,13-7+/t12-,14+,15-,17+/m0/s1. The van der Waals surface area contributed by atoms with Gasteiger partial charge < -0.3 is 14.9 Å². The molecule has 1 aliphatic heterocycles. The maximum atomic E-state index is 11.8. The van der Waals surface area contributed by atoms with Crippen molar-refractivity contribution in [2.24, 2.45) is 5.92 Å². The zero-order valence-corrected chi connectivity index (χ0v) is 13.5. The van der Waals surface area contributed by atoms with Crippen molar-refractivity contribution >= 4 is 5.97 Å². The van der Waals surface area contributed by atoms with Crippen LogP contribution in [0.15, 0.2) is 23.8 Å². The summed E-state index contributed by atoms with van der Waals surface area (Å²) < 4.78 is 5.40. The normalized spacial score (nSPS) is 40.6. The minimum absolute atomic E-state index is 0.139. The molecule has 0 aliphatic carbocycles. The Balaban J connectivity index is 2.87. The summed E-state index contributed by atoms with van der Waals surface area (Å²) in [7, 11) is 0. The molecule has 0 radical (unpaired) electrons. The van der Waals surface area contributed by atoms with E-state index < -0.39 is 11.7 Å². The third-order valence-corrected chi connectivity index (χ3v) is 4.15. The molecule has 0 saturated carbocycles. The molecule has 21 heavy (non-hydrogen) atoms. The molecular weight excluding hydrogens is 268 g/mol. The lowest BCUT2D eigenvalue weighted by Crippen LogP contribution is -2.26. The van der Waals surface area contributed by atoms with Crippen molar-refractivity contribution in [1.82, 2.24) is 0 Å². The van der Waals surface area contributed by atoms with E-state index in [4.69, 9.17) is 4.74 Å². The van der Waals surface area contributed by atoms with Crippen LogP contribution in [0.25, 0.3) is 0 Å². The first kappa shape index (κ1) is 17.9. The van der Waals surface area contributed by atoms with E-state index in [-0.39, 0.29) is 30.8 Å². The molecule has 0 fully saturated rings. The Hall–Kier alpha value is -1.13. The Morgan fingerprint density at radius 2 is 2.05 bits per heavy atom. The van der Waals surface area contributed by atoms with E-state index in [0.717, 1.165) is 18.4 Å². The van der Waals surface area contributed by atoms with E-state index in [1.54, 1.807) is 19.1 Å². The van der Waals surface area contributed by atoms with Crippen molar-refractivity contribution in [3.63, 3.8) is 0 Å². The quantitative estimate of drug-likeness (QED) is 0.533. The van der Waals surface area contributed by atoms with Crippen molar-refractivity contribution in [2.45, 2.75) is 71.2 Å². The summed E-state index contributed by atoms with van der Waals surface area (Å²) in [5.74, 6) is -0.0264. The molecule has 0 bridgehead atoms. The predicted octanol–water partition coefficient (Wildman–Crippen LogP) is 2.74. The van der Waals surface area contributed by atoms with Crippen molar-refractivity contribution < 1.29 is 19.7 Å². The first-order chi connectivity index (χ1) is 9.71. The monoisotopic (exact) mass is 296 g/mol. The predicted molar refractivity (Wildman–Crippen MR) is 82.7 cm³/mol. The topological polar surface area (TPSA) is 66.8 Å². The average Bonchev–Trinajstić information content (AvgIpc) is 2.41. The number of aliphatic hydroxyl groups is 2. The summed E-state index contributed by atoms with van der Waals surface area (Å²) in [6, 6.07) is 0. The number of hydrogen-bond acceptors (Lipinski definition) is 4. The highest BCUT2D eigenvalue weighted by atomic mass is 16.5. The molecule has 0 aromatic carbocycles. The summed E-state index contributed by atoms with van der Waals surface area (Å²) in [5.41, 5.74) is -0.254. The second kappa shape index (κ2) is 7.76. The Bertz CT molecular complexity index is 409. The molecule has 1 rings (SSSR count). The highest BCUT2D eigenvalue weighted by Crippen LogP contribution is 2.20. The van der Waals surface area contributed by atoms with Gasteiger partial charge in [0, 0.05) is 6.42 Å². The smallest absolute Gasteiger partial charge is 0.306 e. The lowest BCUT2D eigenvalue weighted by atomic mass is 9.96. The van der Waals surface area contributed by atoms with Gasteiger partial charge in [-0.05, 0) is 51.5 Å². The molecule has 0 saturated heterocycles. The number of rotatable bonds is 0. The summed E-state index contributed by atoms with van der Waals surface area (Å²) in [6.07, 6.45) is 6.47. The summed E-state index contributed by atoms with van der Waals surface area (Å²) in [5, 5.41) is 20.2. The molecule has 1 aliphatic rings. The van der Waals surface area contributed by atoms with E-state index in [9.17, 15) is 15.0 Å². The molecule has 120 valence electrons. The van der Waals surface area contributed by atoms with Crippen LogP contribution in [-0.4, -0.2) is 34.0 Å². The molecule has 4 nitrogen and oxygen atoms in total. The maximum Gasteiger partial charge on any atom is 0.306 e. The van der Waals surface area contributed by atoms with Crippen LogP contribution in [0.4, 0.5) is 0 Å². The lowest BCUT2D eigenvalue weighted by molar-refractivity contribution is -0.151. The van der Waals surface area contributed by atoms with Gasteiger partial charge >= 0.3 is 5.97 Å². The molecular formula is C17H28O4. The van der Waals surface area contributed by atoms with Crippen molar-refractivity contribution in [3.05, 3.63) is 23.8 Å². The van der Waals surface area contributed by atoms with Crippen LogP contribution < -0.4 is 0 Å². The van der Waals surface area contributed by atoms with Crippen LogP contribution in [0, 0.1) is 5.92 Å². The molecule has 0 aromatic rings. The highest BCUT2D eigenvalue weighted by molar-refractivity contribution is 5.69. The van der Waals surface area contributed by atoms with Crippen LogP contribution >= 0.6 is 0 Å². The fraction of sp³-hybridized carbons (Fsp3) is 0.706. The molecule has 1 heterocycles. The SMILES string of the molecule is C/C1=C\CC[C@H](C)[C@@H](C)OC(=O)CC[C@](C)(O)/C=C/[C@@H]1O. The van der Waals surface area contributed by atoms with E-state index in [0.29, 0.717) is 0 Å². The van der Waals surface area contributed by atoms with Gasteiger partial charge in [0.2, 0.25) is 0 Å². The molecule has 0 unspecified atom stereocenters. The van der Waals surface area contributed by atoms with Gasteiger partial charge in [-0.1, -0.05) is 25.2 Å². The number of esters is 1. The number of carbonyl (C=O) groups is 1. The van der Waals surface area contributed by atoms with E-state index in [1.165, 1.54) is 0 Å². The Morgan fingerprint density at radius 1 is 1.38 bits per heavy atom. The van der Waals surface area contributed by atoms with E-state index in [2.05, 4.69) is 6.92 Å². The highest BCUT2D eigenvalue weighted by Gasteiger charge is 2.22. The van der Waals surface area contributed by atoms with Crippen LogP contribution in [0.5, 0.6) is 0 Å². The Morgan fingerprint density at radius 3 is 2.71 bits per heavy atom. The summed E-state index contributed by atoms with van der Waals surface area (Å²) >= 11 is 0. The van der Waals surface area contributed by atoms with E-state index >= 15 is 0 Å². The summed E-state index contributed by atoms with van der Waals surface area (Å²) in [4.78, 5) is 11.8. The Labute approximate surface area is 127 Å². The van der Waals surface area contributed by atoms with Crippen LogP contribution in [-0.2, 0) is 9.53 Å². The van der Waals surface area contributed by atoms with Crippen LogP contribution in [0.1, 0.15) is 53.4 Å². The van der Waals surface area contributed by atoms with E-state index in [1.807, 2.05) is 19.9 Å². The molecule has 0 amide bonds. The van der Waals surface area contributed by atoms with Gasteiger partial charge in [-0.3, -0.25) is 4.79 Å². The zero-order chi connectivity index (χ0) is 16.0. The van der Waals surface area contributed by atoms with Crippen LogP contribution in [0.2, 0.25) is 0 Å². The molecule has 0 spiro atoms. The third kappa shape index (κ3) is 6.44. The first-order valence-corrected chi connectivity index (χ1v) is 7.67. The molecule has 4 atom stereocenters. The van der Waals surface area contributed by atoms with Gasteiger partial charge in [0.1, 0.15) is 6.10 Å². The maximum absolute atomic E-state index is 11.8. The fourth-order valence-corrected chi connectivity index (χ4v) is 2.20. The van der Waals surface area contributed by atoms with Crippen molar-refractivity contribution in [3.8, 4) is 0 Å². The number of cyclic esters (lactones) is 1. The Kier molecular flexibility index (Phi) is 6.62. The zero-order valence-electron chi connectivity index (χ0n) is 13.5. The van der Waals surface area contributed by atoms with Gasteiger partial charge in [-0.15, -0.1) is 0 Å². The second-order valence-corrected chi connectivity index (χ2v) is 6.36. The van der Waals surface area contributed by atoms with Gasteiger partial charge in [0.25, 0.3) is 0 Å². The molecule has 0 aromatic heterocycles. The minimum atomic E-state index is -1.13. The number of aliphatic hydroxyl groups excluding tert-OH is 1. The van der Waals surface area contributed by atoms with Crippen molar-refractivity contribution in [1.29, 1.82) is 0 Å².